The Kier molecular flexibility index (Phi) is 2.91. The normalized spacial score (nSPS) is 10.4. The maximum atomic E-state index is 11.8. The van der Waals surface area contributed by atoms with E-state index >= 15 is 0 Å². The molecule has 0 atom stereocenters. The van der Waals surface area contributed by atoms with Crippen LogP contribution in [-0.4, -0.2) is 4.57 Å². The van der Waals surface area contributed by atoms with Crippen LogP contribution in [-0.2, 0) is 6.42 Å². The molecule has 0 fully saturated rings. The molecule has 0 radical (unpaired) electrons. The van der Waals surface area contributed by atoms with Gasteiger partial charge in [-0.3, -0.25) is 9.36 Å². The van der Waals surface area contributed by atoms with E-state index in [0.717, 1.165) is 17.7 Å². The summed E-state index contributed by atoms with van der Waals surface area (Å²) in [7, 11) is 0. The summed E-state index contributed by atoms with van der Waals surface area (Å²) in [6.45, 7) is 4.04. The molecule has 0 aliphatic heterocycles. The summed E-state index contributed by atoms with van der Waals surface area (Å²) in [5.74, 6) is 0. The lowest BCUT2D eigenvalue weighted by Gasteiger charge is -2.06. The quantitative estimate of drug-likeness (QED) is 0.751. The minimum atomic E-state index is 0.0178. The minimum Gasteiger partial charge on any atom is -0.284 e. The minimum absolute atomic E-state index is 0.0178. The molecule has 0 bridgehead atoms. The third-order valence-corrected chi connectivity index (χ3v) is 2.70. The number of aromatic nitrogens is 1. The Hall–Kier alpha value is -1.83. The summed E-state index contributed by atoms with van der Waals surface area (Å²) in [4.78, 5) is 11.8. The van der Waals surface area contributed by atoms with Crippen LogP contribution in [0.5, 0.6) is 0 Å². The fraction of sp³-hybridized carbons (Fsp3) is 0.214. The molecular weight excluding hydrogens is 198 g/mol. The van der Waals surface area contributed by atoms with E-state index in [-0.39, 0.29) is 5.56 Å². The summed E-state index contributed by atoms with van der Waals surface area (Å²) in [5, 5.41) is 0. The molecule has 2 nitrogen and oxygen atoms in total. The number of hydrogen-bond donors (Lipinski definition) is 0. The molecule has 0 saturated carbocycles. The Balaban J connectivity index is 2.46. The van der Waals surface area contributed by atoms with Crippen molar-refractivity contribution < 1.29 is 0 Å². The molecule has 2 aromatic rings. The van der Waals surface area contributed by atoms with Gasteiger partial charge in [-0.25, -0.2) is 0 Å². The number of benzene rings is 1. The van der Waals surface area contributed by atoms with E-state index in [1.54, 1.807) is 10.6 Å². The molecule has 0 unspecified atom stereocenters. The average molecular weight is 213 g/mol. The molecule has 0 amide bonds. The van der Waals surface area contributed by atoms with E-state index in [4.69, 9.17) is 0 Å². The second kappa shape index (κ2) is 4.35. The molecule has 1 aromatic heterocycles. The first-order chi connectivity index (χ1) is 7.70. The van der Waals surface area contributed by atoms with Gasteiger partial charge in [0.15, 0.2) is 0 Å². The van der Waals surface area contributed by atoms with Crippen molar-refractivity contribution in [1.82, 2.24) is 4.57 Å². The first-order valence-corrected chi connectivity index (χ1v) is 5.49. The van der Waals surface area contributed by atoms with E-state index < -0.39 is 0 Å². The third kappa shape index (κ3) is 2.06. The van der Waals surface area contributed by atoms with Gasteiger partial charge >= 0.3 is 0 Å². The fourth-order valence-corrected chi connectivity index (χ4v) is 1.68. The molecule has 0 aliphatic carbocycles. The highest BCUT2D eigenvalue weighted by Crippen LogP contribution is 2.08. The summed E-state index contributed by atoms with van der Waals surface area (Å²) < 4.78 is 1.66. The molecule has 2 heteroatoms. The molecule has 0 saturated heterocycles. The average Bonchev–Trinajstić information content (AvgIpc) is 2.29. The van der Waals surface area contributed by atoms with Crippen LogP contribution >= 0.6 is 0 Å². The highest BCUT2D eigenvalue weighted by molar-refractivity contribution is 5.35. The Morgan fingerprint density at radius 2 is 1.81 bits per heavy atom. The van der Waals surface area contributed by atoms with E-state index in [1.165, 1.54) is 5.56 Å². The van der Waals surface area contributed by atoms with Crippen LogP contribution in [0.3, 0.4) is 0 Å². The van der Waals surface area contributed by atoms with Gasteiger partial charge in [-0.15, -0.1) is 0 Å². The van der Waals surface area contributed by atoms with Gasteiger partial charge in [0.05, 0.1) is 0 Å². The highest BCUT2D eigenvalue weighted by atomic mass is 16.1. The van der Waals surface area contributed by atoms with Crippen LogP contribution < -0.4 is 5.56 Å². The molecule has 2 rings (SSSR count). The van der Waals surface area contributed by atoms with Crippen molar-refractivity contribution in [3.8, 4) is 5.69 Å². The summed E-state index contributed by atoms with van der Waals surface area (Å²) in [6.07, 6.45) is 2.84. The summed E-state index contributed by atoms with van der Waals surface area (Å²) in [5.41, 5.74) is 3.21. The van der Waals surface area contributed by atoms with E-state index in [9.17, 15) is 4.79 Å². The van der Waals surface area contributed by atoms with Gasteiger partial charge in [0.1, 0.15) is 0 Å². The second-order valence-electron chi connectivity index (χ2n) is 3.93. The van der Waals surface area contributed by atoms with Gasteiger partial charge in [-0.2, -0.15) is 0 Å². The van der Waals surface area contributed by atoms with Crippen molar-refractivity contribution in [2.45, 2.75) is 20.3 Å². The lowest BCUT2D eigenvalue weighted by atomic mass is 10.1. The van der Waals surface area contributed by atoms with Crippen molar-refractivity contribution in [3.05, 3.63) is 64.1 Å². The van der Waals surface area contributed by atoms with Crippen molar-refractivity contribution >= 4 is 0 Å². The van der Waals surface area contributed by atoms with Gasteiger partial charge in [0.2, 0.25) is 0 Å². The predicted molar refractivity (Wildman–Crippen MR) is 66.2 cm³/mol. The second-order valence-corrected chi connectivity index (χ2v) is 3.93. The molecule has 16 heavy (non-hydrogen) atoms. The lowest BCUT2D eigenvalue weighted by molar-refractivity contribution is 0.978. The third-order valence-electron chi connectivity index (χ3n) is 2.70. The number of hydrogen-bond acceptors (Lipinski definition) is 1. The predicted octanol–water partition coefficient (Wildman–Crippen LogP) is 2.71. The molecule has 82 valence electrons. The summed E-state index contributed by atoms with van der Waals surface area (Å²) >= 11 is 0. The number of rotatable bonds is 2. The maximum Gasteiger partial charge on any atom is 0.255 e. The van der Waals surface area contributed by atoms with Crippen molar-refractivity contribution in [2.75, 3.05) is 0 Å². The van der Waals surface area contributed by atoms with Gasteiger partial charge in [0, 0.05) is 18.0 Å². The van der Waals surface area contributed by atoms with Crippen LogP contribution in [0, 0.1) is 6.92 Å². The van der Waals surface area contributed by atoms with Crippen LogP contribution in [0.25, 0.3) is 5.69 Å². The molecular formula is C14H15NO. The van der Waals surface area contributed by atoms with E-state index in [2.05, 4.69) is 19.1 Å². The fourth-order valence-electron chi connectivity index (χ4n) is 1.68. The van der Waals surface area contributed by atoms with E-state index in [0.29, 0.717) is 0 Å². The Morgan fingerprint density at radius 3 is 2.38 bits per heavy atom. The van der Waals surface area contributed by atoms with E-state index in [1.807, 2.05) is 31.3 Å². The van der Waals surface area contributed by atoms with Crippen molar-refractivity contribution in [1.29, 1.82) is 0 Å². The first-order valence-electron chi connectivity index (χ1n) is 5.49. The Bertz CT molecular complexity index is 537. The number of nitrogens with zero attached hydrogens (tertiary/aromatic N) is 1. The lowest BCUT2D eigenvalue weighted by Crippen LogP contribution is -2.16. The van der Waals surface area contributed by atoms with Crippen molar-refractivity contribution in [3.63, 3.8) is 0 Å². The van der Waals surface area contributed by atoms with Gasteiger partial charge in [0.25, 0.3) is 5.56 Å². The highest BCUT2D eigenvalue weighted by Gasteiger charge is 1.99. The number of pyridine rings is 1. The Labute approximate surface area is 95.2 Å². The van der Waals surface area contributed by atoms with Gasteiger partial charge in [-0.05, 0) is 42.7 Å². The monoisotopic (exact) mass is 213 g/mol. The van der Waals surface area contributed by atoms with Crippen molar-refractivity contribution in [2.24, 2.45) is 0 Å². The molecule has 1 aromatic carbocycles. The molecule has 0 N–H and O–H groups in total. The van der Waals surface area contributed by atoms with Gasteiger partial charge < -0.3 is 0 Å². The zero-order valence-electron chi connectivity index (χ0n) is 9.60. The zero-order chi connectivity index (χ0) is 11.5. The first kappa shape index (κ1) is 10.7. The van der Waals surface area contributed by atoms with Crippen LogP contribution in [0.1, 0.15) is 18.1 Å². The smallest absolute Gasteiger partial charge is 0.255 e. The topological polar surface area (TPSA) is 22.0 Å². The maximum absolute atomic E-state index is 11.8. The van der Waals surface area contributed by atoms with Crippen LogP contribution in [0.2, 0.25) is 0 Å². The van der Waals surface area contributed by atoms with Crippen LogP contribution in [0.15, 0.2) is 47.4 Å². The molecule has 0 aliphatic rings. The molecule has 0 spiro atoms. The van der Waals surface area contributed by atoms with Crippen LogP contribution in [0.4, 0.5) is 0 Å². The zero-order valence-corrected chi connectivity index (χ0v) is 9.60. The van der Waals surface area contributed by atoms with Gasteiger partial charge in [-0.1, -0.05) is 19.1 Å². The largest absolute Gasteiger partial charge is 0.284 e. The summed E-state index contributed by atoms with van der Waals surface area (Å²) in [6, 6.07) is 11.7. The SMILES string of the molecule is CCc1ccc(-n2ccc(C)cc2=O)cc1. The standard InChI is InChI=1S/C14H15NO/c1-3-12-4-6-13(7-5-12)15-9-8-11(2)10-14(15)16/h4-10H,3H2,1-2H3. The number of aryl methyl sites for hydroxylation is 2. The molecule has 1 heterocycles. The Morgan fingerprint density at radius 1 is 1.12 bits per heavy atom.